The van der Waals surface area contributed by atoms with Gasteiger partial charge in [0.25, 0.3) is 0 Å². The van der Waals surface area contributed by atoms with E-state index in [1.165, 1.54) is 12.1 Å². The number of hydrogen-bond acceptors (Lipinski definition) is 3. The molecule has 0 aromatic heterocycles. The molecule has 0 bridgehead atoms. The van der Waals surface area contributed by atoms with Crippen LogP contribution in [0, 0.1) is 5.82 Å². The van der Waals surface area contributed by atoms with E-state index in [1.807, 2.05) is 37.8 Å². The number of rotatable bonds is 2. The topological polar surface area (TPSA) is 32.6 Å². The number of ether oxygens (including phenoxy) is 1. The first kappa shape index (κ1) is 15.3. The fourth-order valence-electron chi connectivity index (χ4n) is 3.12. The second-order valence-corrected chi connectivity index (χ2v) is 7.17. The Hall–Kier alpha value is -1.62. The molecule has 4 nitrogen and oxygen atoms in total. The molecule has 2 fully saturated rings. The van der Waals surface area contributed by atoms with Crippen LogP contribution in [0.25, 0.3) is 0 Å². The van der Waals surface area contributed by atoms with Crippen molar-refractivity contribution >= 4 is 6.09 Å². The van der Waals surface area contributed by atoms with Crippen LogP contribution in [0.5, 0.6) is 0 Å². The molecule has 2 heterocycles. The summed E-state index contributed by atoms with van der Waals surface area (Å²) in [6.45, 7) is 8.28. The molecule has 120 valence electrons. The van der Waals surface area contributed by atoms with Gasteiger partial charge in [-0.3, -0.25) is 9.80 Å². The summed E-state index contributed by atoms with van der Waals surface area (Å²) in [4.78, 5) is 16.3. The summed E-state index contributed by atoms with van der Waals surface area (Å²) in [5.41, 5.74) is 0.653. The highest BCUT2D eigenvalue weighted by molar-refractivity contribution is 5.72. The van der Waals surface area contributed by atoms with Crippen LogP contribution in [0.4, 0.5) is 9.18 Å². The molecule has 0 spiro atoms. The number of fused-ring (bicyclic) bond motifs is 1. The van der Waals surface area contributed by atoms with Crippen LogP contribution in [0.15, 0.2) is 24.3 Å². The zero-order valence-electron chi connectivity index (χ0n) is 13.4. The molecule has 0 N–H and O–H groups in total. The smallest absolute Gasteiger partial charge is 0.410 e. The third-order valence-electron chi connectivity index (χ3n) is 4.18. The molecule has 0 unspecified atom stereocenters. The number of carbonyl (C=O) groups excluding carboxylic acids is 1. The van der Waals surface area contributed by atoms with Crippen molar-refractivity contribution in [2.24, 2.45) is 0 Å². The van der Waals surface area contributed by atoms with Crippen LogP contribution in [0.2, 0.25) is 0 Å². The Morgan fingerprint density at radius 2 is 1.95 bits per heavy atom. The van der Waals surface area contributed by atoms with Crippen LogP contribution in [-0.4, -0.2) is 46.7 Å². The highest BCUT2D eigenvalue weighted by atomic mass is 19.1. The van der Waals surface area contributed by atoms with Gasteiger partial charge < -0.3 is 4.74 Å². The molecule has 22 heavy (non-hydrogen) atoms. The fourth-order valence-corrected chi connectivity index (χ4v) is 3.12. The predicted octanol–water partition coefficient (Wildman–Crippen LogP) is 3.02. The molecular formula is C17H23FN2O2. The normalized spacial score (nSPS) is 24.8. The number of piperidine rings is 1. The molecule has 0 radical (unpaired) electrons. The number of likely N-dealkylation sites (tertiary alicyclic amines) is 1. The Morgan fingerprint density at radius 3 is 2.59 bits per heavy atom. The maximum absolute atomic E-state index is 12.9. The zero-order chi connectivity index (χ0) is 15.9. The van der Waals surface area contributed by atoms with Crippen LogP contribution in [0.1, 0.15) is 32.8 Å². The minimum atomic E-state index is -0.448. The van der Waals surface area contributed by atoms with Crippen molar-refractivity contribution in [2.45, 2.75) is 51.4 Å². The van der Waals surface area contributed by atoms with E-state index in [0.717, 1.165) is 31.6 Å². The molecule has 0 aliphatic carbocycles. The van der Waals surface area contributed by atoms with Gasteiger partial charge in [0.1, 0.15) is 11.4 Å². The second kappa shape index (κ2) is 5.54. The average molecular weight is 306 g/mol. The van der Waals surface area contributed by atoms with Gasteiger partial charge in [-0.05, 0) is 44.9 Å². The molecule has 5 heteroatoms. The van der Waals surface area contributed by atoms with E-state index in [0.29, 0.717) is 6.04 Å². The van der Waals surface area contributed by atoms with Crippen molar-refractivity contribution in [3.63, 3.8) is 0 Å². The number of hydrogen-bond donors (Lipinski definition) is 0. The third-order valence-corrected chi connectivity index (χ3v) is 4.18. The number of benzene rings is 1. The molecule has 2 aliphatic heterocycles. The van der Waals surface area contributed by atoms with E-state index in [4.69, 9.17) is 4.74 Å². The Labute approximate surface area is 130 Å². The summed E-state index contributed by atoms with van der Waals surface area (Å²) in [7, 11) is 0. The molecule has 1 aromatic rings. The van der Waals surface area contributed by atoms with Gasteiger partial charge in [-0.15, -0.1) is 0 Å². The van der Waals surface area contributed by atoms with Crippen LogP contribution < -0.4 is 0 Å². The van der Waals surface area contributed by atoms with Crippen LogP contribution >= 0.6 is 0 Å². The summed E-state index contributed by atoms with van der Waals surface area (Å²) in [6, 6.07) is 7.22. The van der Waals surface area contributed by atoms with Crippen molar-refractivity contribution in [1.82, 2.24) is 9.80 Å². The summed E-state index contributed by atoms with van der Waals surface area (Å²) in [6.07, 6.45) is 0.775. The molecule has 2 aliphatic rings. The fraction of sp³-hybridized carbons (Fsp3) is 0.588. The van der Waals surface area contributed by atoms with E-state index >= 15 is 0 Å². The maximum Gasteiger partial charge on any atom is 0.410 e. The SMILES string of the molecule is CC(C)(C)OC(=O)N1[C@@H]2CN(Cc3ccc(F)cc3)CC[C@@H]21. The van der Waals surface area contributed by atoms with Crippen molar-refractivity contribution in [3.8, 4) is 0 Å². The Kier molecular flexibility index (Phi) is 3.85. The van der Waals surface area contributed by atoms with Gasteiger partial charge in [0.05, 0.1) is 12.1 Å². The third kappa shape index (κ3) is 3.40. The van der Waals surface area contributed by atoms with Gasteiger partial charge in [0, 0.05) is 19.6 Å². The van der Waals surface area contributed by atoms with Crippen molar-refractivity contribution in [2.75, 3.05) is 13.1 Å². The molecule has 2 atom stereocenters. The lowest BCUT2D eigenvalue weighted by molar-refractivity contribution is 0.0394. The number of nitrogens with zero attached hydrogens (tertiary/aromatic N) is 2. The van der Waals surface area contributed by atoms with Gasteiger partial charge in [-0.1, -0.05) is 12.1 Å². The molecular weight excluding hydrogens is 283 g/mol. The van der Waals surface area contributed by atoms with E-state index in [1.54, 1.807) is 0 Å². The number of halogens is 1. The summed E-state index contributed by atoms with van der Waals surface area (Å²) >= 11 is 0. The maximum atomic E-state index is 12.9. The Balaban J connectivity index is 1.54. The van der Waals surface area contributed by atoms with Crippen molar-refractivity contribution in [1.29, 1.82) is 0 Å². The summed E-state index contributed by atoms with van der Waals surface area (Å²) in [5.74, 6) is -0.208. The van der Waals surface area contributed by atoms with E-state index < -0.39 is 5.60 Å². The molecule has 1 aromatic carbocycles. The van der Waals surface area contributed by atoms with Gasteiger partial charge in [0.2, 0.25) is 0 Å². The van der Waals surface area contributed by atoms with Gasteiger partial charge in [-0.25, -0.2) is 9.18 Å². The van der Waals surface area contributed by atoms with Gasteiger partial charge >= 0.3 is 6.09 Å². The van der Waals surface area contributed by atoms with Gasteiger partial charge in [0.15, 0.2) is 0 Å². The predicted molar refractivity (Wildman–Crippen MR) is 81.9 cm³/mol. The Bertz CT molecular complexity index is 553. The van der Waals surface area contributed by atoms with Crippen molar-refractivity contribution in [3.05, 3.63) is 35.6 Å². The molecule has 1 amide bonds. The lowest BCUT2D eigenvalue weighted by atomic mass is 10.1. The highest BCUT2D eigenvalue weighted by Crippen LogP contribution is 2.37. The second-order valence-electron chi connectivity index (χ2n) is 7.17. The summed E-state index contributed by atoms with van der Waals surface area (Å²) in [5, 5.41) is 0. The van der Waals surface area contributed by atoms with E-state index in [9.17, 15) is 9.18 Å². The van der Waals surface area contributed by atoms with E-state index in [2.05, 4.69) is 4.90 Å². The van der Waals surface area contributed by atoms with Crippen LogP contribution in [-0.2, 0) is 11.3 Å². The number of carbonyl (C=O) groups is 1. The molecule has 2 saturated heterocycles. The number of amides is 1. The quantitative estimate of drug-likeness (QED) is 0.787. The standard InChI is InChI=1S/C17H23FN2O2/c1-17(2,3)22-16(21)20-14-8-9-19(11-15(14)20)10-12-4-6-13(18)7-5-12/h4-7,14-15H,8-11H2,1-3H3/t14-,15+,20?/m0/s1. The lowest BCUT2D eigenvalue weighted by Crippen LogP contribution is -2.34. The zero-order valence-corrected chi connectivity index (χ0v) is 13.4. The minimum Gasteiger partial charge on any atom is -0.444 e. The molecule has 0 saturated carbocycles. The van der Waals surface area contributed by atoms with E-state index in [-0.39, 0.29) is 18.0 Å². The van der Waals surface area contributed by atoms with Crippen molar-refractivity contribution < 1.29 is 13.9 Å². The molecule has 3 rings (SSSR count). The largest absolute Gasteiger partial charge is 0.444 e. The minimum absolute atomic E-state index is 0.203. The van der Waals surface area contributed by atoms with Gasteiger partial charge in [-0.2, -0.15) is 0 Å². The first-order valence-corrected chi connectivity index (χ1v) is 7.81. The lowest BCUT2D eigenvalue weighted by Gasteiger charge is -2.24. The monoisotopic (exact) mass is 306 g/mol. The Morgan fingerprint density at radius 1 is 1.27 bits per heavy atom. The summed E-state index contributed by atoms with van der Waals surface area (Å²) < 4.78 is 18.4. The van der Waals surface area contributed by atoms with Crippen LogP contribution in [0.3, 0.4) is 0 Å². The highest BCUT2D eigenvalue weighted by Gasteiger charge is 2.54. The first-order chi connectivity index (χ1) is 10.3. The average Bonchev–Trinajstić information content (AvgIpc) is 3.13. The first-order valence-electron chi connectivity index (χ1n) is 7.81.